The zero-order valence-corrected chi connectivity index (χ0v) is 22.3. The van der Waals surface area contributed by atoms with Gasteiger partial charge in [0.25, 0.3) is 0 Å². The third kappa shape index (κ3) is 10.6. The molecular weight excluding hydrogens is 494 g/mol. The van der Waals surface area contributed by atoms with Gasteiger partial charge >= 0.3 is 5.97 Å². The molecule has 9 heteroatoms. The number of carbonyl (C=O) groups excluding carboxylic acids is 4. The molecule has 0 aliphatic carbocycles. The van der Waals surface area contributed by atoms with Crippen LogP contribution >= 0.6 is 11.6 Å². The van der Waals surface area contributed by atoms with Gasteiger partial charge in [0, 0.05) is 6.42 Å². The van der Waals surface area contributed by atoms with Crippen LogP contribution in [0.15, 0.2) is 60.7 Å². The van der Waals surface area contributed by atoms with E-state index in [1.165, 1.54) is 7.11 Å². The first-order chi connectivity index (χ1) is 17.7. The first-order valence-electron chi connectivity index (χ1n) is 12.3. The molecule has 2 unspecified atom stereocenters. The van der Waals surface area contributed by atoms with Crippen molar-refractivity contribution in [2.24, 2.45) is 5.92 Å². The normalized spacial score (nSPS) is 13.2. The number of carbonyl (C=O) groups is 4. The first-order valence-corrected chi connectivity index (χ1v) is 12.9. The Morgan fingerprint density at radius 2 is 1.32 bits per heavy atom. The van der Waals surface area contributed by atoms with Crippen LogP contribution in [0.1, 0.15) is 37.8 Å². The summed E-state index contributed by atoms with van der Waals surface area (Å²) in [5.74, 6) is -2.27. The number of amides is 3. The predicted molar refractivity (Wildman–Crippen MR) is 143 cm³/mol. The van der Waals surface area contributed by atoms with Crippen LogP contribution in [0.25, 0.3) is 0 Å². The Labute approximate surface area is 223 Å². The Morgan fingerprint density at radius 1 is 0.784 bits per heavy atom. The second-order valence-electron chi connectivity index (χ2n) is 9.24. The highest BCUT2D eigenvalue weighted by Gasteiger charge is 2.30. The van der Waals surface area contributed by atoms with E-state index >= 15 is 0 Å². The molecular formula is C28H36ClN3O5. The molecule has 8 nitrogen and oxygen atoms in total. The third-order valence-electron chi connectivity index (χ3n) is 5.76. The van der Waals surface area contributed by atoms with Gasteiger partial charge in [0.1, 0.15) is 24.0 Å². The van der Waals surface area contributed by atoms with E-state index in [-0.39, 0.29) is 18.2 Å². The molecule has 2 aromatic carbocycles. The Kier molecular flexibility index (Phi) is 12.6. The van der Waals surface area contributed by atoms with Crippen LogP contribution in [0.5, 0.6) is 0 Å². The molecule has 0 aliphatic heterocycles. The standard InChI is InChI=1S/C28H36ClN3O5/c1-19(2)16-23(27(35)32-24(28(36)37-3)17-21-12-8-5-9-13-21)31-26(34)22(30-25(33)18-29)15-14-20-10-6-4-7-11-20/h4-13,19,22-24H,14-18H2,1-3H3,(H,30,33)(H,31,34)(H,32,35)/t22-,23?,24?/m0/s1. The monoisotopic (exact) mass is 529 g/mol. The van der Waals surface area contributed by atoms with Crippen LogP contribution in [0.2, 0.25) is 0 Å². The van der Waals surface area contributed by atoms with E-state index < -0.39 is 41.8 Å². The number of halogens is 1. The maximum atomic E-state index is 13.3. The average Bonchev–Trinajstić information content (AvgIpc) is 2.90. The van der Waals surface area contributed by atoms with Crippen molar-refractivity contribution >= 4 is 35.3 Å². The smallest absolute Gasteiger partial charge is 0.328 e. The Bertz CT molecular complexity index is 1020. The minimum Gasteiger partial charge on any atom is -0.467 e. The van der Waals surface area contributed by atoms with Gasteiger partial charge in [-0.05, 0) is 36.3 Å². The summed E-state index contributed by atoms with van der Waals surface area (Å²) >= 11 is 5.66. The van der Waals surface area contributed by atoms with Gasteiger partial charge in [-0.1, -0.05) is 74.5 Å². The van der Waals surface area contributed by atoms with Crippen LogP contribution in [-0.2, 0) is 36.8 Å². The SMILES string of the molecule is COC(=O)C(Cc1ccccc1)NC(=O)C(CC(C)C)NC(=O)[C@H](CCc1ccccc1)NC(=O)CCl. The number of aryl methyl sites for hydroxylation is 1. The highest BCUT2D eigenvalue weighted by Crippen LogP contribution is 2.11. The van der Waals surface area contributed by atoms with Gasteiger partial charge in [0.15, 0.2) is 0 Å². The van der Waals surface area contributed by atoms with E-state index in [9.17, 15) is 19.2 Å². The largest absolute Gasteiger partial charge is 0.467 e. The molecule has 200 valence electrons. The van der Waals surface area contributed by atoms with Gasteiger partial charge in [-0.15, -0.1) is 11.6 Å². The number of hydrogen-bond acceptors (Lipinski definition) is 5. The molecule has 0 aromatic heterocycles. The lowest BCUT2D eigenvalue weighted by Crippen LogP contribution is -2.56. The average molecular weight is 530 g/mol. The van der Waals surface area contributed by atoms with Crippen molar-refractivity contribution in [2.45, 2.75) is 57.7 Å². The van der Waals surface area contributed by atoms with Crippen LogP contribution < -0.4 is 16.0 Å². The summed E-state index contributed by atoms with van der Waals surface area (Å²) in [4.78, 5) is 50.9. The van der Waals surface area contributed by atoms with E-state index in [1.54, 1.807) is 0 Å². The molecule has 2 rings (SSSR count). The summed E-state index contributed by atoms with van der Waals surface area (Å²) in [5.41, 5.74) is 1.87. The fourth-order valence-corrected chi connectivity index (χ4v) is 3.97. The van der Waals surface area contributed by atoms with Gasteiger partial charge in [0.05, 0.1) is 7.11 Å². The molecule has 0 spiro atoms. The molecule has 3 N–H and O–H groups in total. The van der Waals surface area contributed by atoms with Crippen LogP contribution in [0.3, 0.4) is 0 Å². The van der Waals surface area contributed by atoms with Crippen molar-refractivity contribution in [2.75, 3.05) is 13.0 Å². The molecule has 0 heterocycles. The van der Waals surface area contributed by atoms with E-state index in [0.717, 1.165) is 11.1 Å². The molecule has 0 radical (unpaired) electrons. The van der Waals surface area contributed by atoms with Crippen molar-refractivity contribution in [1.82, 2.24) is 16.0 Å². The lowest BCUT2D eigenvalue weighted by atomic mass is 10.00. The lowest BCUT2D eigenvalue weighted by molar-refractivity contribution is -0.145. The quantitative estimate of drug-likeness (QED) is 0.257. The van der Waals surface area contributed by atoms with Crippen molar-refractivity contribution in [3.63, 3.8) is 0 Å². The number of hydrogen-bond donors (Lipinski definition) is 3. The Morgan fingerprint density at radius 3 is 1.86 bits per heavy atom. The highest BCUT2D eigenvalue weighted by molar-refractivity contribution is 6.27. The summed E-state index contributed by atoms with van der Waals surface area (Å²) < 4.78 is 4.89. The maximum Gasteiger partial charge on any atom is 0.328 e. The summed E-state index contributed by atoms with van der Waals surface area (Å²) in [6, 6.07) is 16.1. The second kappa shape index (κ2) is 15.7. The van der Waals surface area contributed by atoms with E-state index in [4.69, 9.17) is 16.3 Å². The van der Waals surface area contributed by atoms with E-state index in [1.807, 2.05) is 74.5 Å². The van der Waals surface area contributed by atoms with Crippen molar-refractivity contribution in [1.29, 1.82) is 0 Å². The number of nitrogens with one attached hydrogen (secondary N) is 3. The molecule has 0 saturated heterocycles. The zero-order valence-electron chi connectivity index (χ0n) is 21.5. The summed E-state index contributed by atoms with van der Waals surface area (Å²) in [5, 5.41) is 8.16. The summed E-state index contributed by atoms with van der Waals surface area (Å²) in [7, 11) is 1.26. The maximum absolute atomic E-state index is 13.3. The minimum absolute atomic E-state index is 0.0713. The molecule has 0 fully saturated rings. The summed E-state index contributed by atoms with van der Waals surface area (Å²) in [6.45, 7) is 3.85. The molecule has 0 saturated carbocycles. The van der Waals surface area contributed by atoms with Crippen LogP contribution in [-0.4, -0.2) is 54.8 Å². The topological polar surface area (TPSA) is 114 Å². The van der Waals surface area contributed by atoms with Crippen molar-refractivity contribution < 1.29 is 23.9 Å². The van der Waals surface area contributed by atoms with Gasteiger partial charge in [0.2, 0.25) is 17.7 Å². The molecule has 0 bridgehead atoms. The number of esters is 1. The highest BCUT2D eigenvalue weighted by atomic mass is 35.5. The number of methoxy groups -OCH3 is 1. The first kappa shape index (κ1) is 29.8. The fourth-order valence-electron chi connectivity index (χ4n) is 3.89. The van der Waals surface area contributed by atoms with Crippen molar-refractivity contribution in [3.8, 4) is 0 Å². The molecule has 37 heavy (non-hydrogen) atoms. The van der Waals surface area contributed by atoms with E-state index in [0.29, 0.717) is 19.3 Å². The van der Waals surface area contributed by atoms with E-state index in [2.05, 4.69) is 16.0 Å². The molecule has 2 aromatic rings. The minimum atomic E-state index is -0.920. The molecule has 3 amide bonds. The second-order valence-corrected chi connectivity index (χ2v) is 9.51. The van der Waals surface area contributed by atoms with Gasteiger partial charge in [-0.3, -0.25) is 14.4 Å². The number of rotatable bonds is 14. The summed E-state index contributed by atoms with van der Waals surface area (Å²) in [6.07, 6.45) is 1.45. The Balaban J connectivity index is 2.15. The fraction of sp³-hybridized carbons (Fsp3) is 0.429. The zero-order chi connectivity index (χ0) is 27.2. The van der Waals surface area contributed by atoms with Crippen LogP contribution in [0, 0.1) is 5.92 Å². The van der Waals surface area contributed by atoms with Gasteiger partial charge in [-0.2, -0.15) is 0 Å². The third-order valence-corrected chi connectivity index (χ3v) is 6.01. The molecule has 0 aliphatic rings. The Hall–Kier alpha value is -3.39. The van der Waals surface area contributed by atoms with Crippen LogP contribution in [0.4, 0.5) is 0 Å². The predicted octanol–water partition coefficient (Wildman–Crippen LogP) is 2.77. The molecule has 3 atom stereocenters. The number of ether oxygens (including phenoxy) is 1. The number of alkyl halides is 1. The van der Waals surface area contributed by atoms with Gasteiger partial charge < -0.3 is 20.7 Å². The van der Waals surface area contributed by atoms with Crippen molar-refractivity contribution in [3.05, 3.63) is 71.8 Å². The number of benzene rings is 2. The lowest BCUT2D eigenvalue weighted by Gasteiger charge is -2.26. The van der Waals surface area contributed by atoms with Gasteiger partial charge in [-0.25, -0.2) is 4.79 Å².